The van der Waals surface area contributed by atoms with E-state index in [-0.39, 0.29) is 20.1 Å². The first-order valence-corrected chi connectivity index (χ1v) is 15.3. The van der Waals surface area contributed by atoms with Gasteiger partial charge in [-0.05, 0) is 87.2 Å². The van der Waals surface area contributed by atoms with Crippen LogP contribution in [0, 0.1) is 39.8 Å². The van der Waals surface area contributed by atoms with Crippen molar-refractivity contribution in [3.05, 3.63) is 112 Å². The monoisotopic (exact) mass is 758 g/mol. The number of benzene rings is 2. The molecule has 4 nitrogen and oxygen atoms in total. The maximum atomic E-state index is 6.15. The van der Waals surface area contributed by atoms with Crippen LogP contribution >= 0.6 is 11.3 Å². The van der Waals surface area contributed by atoms with Gasteiger partial charge in [-0.3, -0.25) is 4.98 Å². The van der Waals surface area contributed by atoms with Crippen LogP contribution in [0.1, 0.15) is 45.7 Å². The van der Waals surface area contributed by atoms with Gasteiger partial charge < -0.3 is 9.40 Å². The fourth-order valence-corrected chi connectivity index (χ4v) is 6.83. The first kappa shape index (κ1) is 29.4. The van der Waals surface area contributed by atoms with E-state index in [0.29, 0.717) is 5.71 Å². The van der Waals surface area contributed by atoms with E-state index in [1.54, 1.807) is 0 Å². The van der Waals surface area contributed by atoms with Crippen molar-refractivity contribution >= 4 is 43.6 Å². The molecule has 8 rings (SSSR count). The van der Waals surface area contributed by atoms with E-state index in [2.05, 4.69) is 79.3 Å². The van der Waals surface area contributed by atoms with Gasteiger partial charge in [0.15, 0.2) is 0 Å². The first-order chi connectivity index (χ1) is 20.4. The molecule has 6 heteroatoms. The Bertz CT molecular complexity index is 2090. The van der Waals surface area contributed by atoms with Crippen molar-refractivity contribution in [2.45, 2.75) is 53.4 Å². The molecule has 5 heterocycles. The van der Waals surface area contributed by atoms with Gasteiger partial charge >= 0.3 is 0 Å². The van der Waals surface area contributed by atoms with Crippen LogP contribution in [0.2, 0.25) is 0 Å². The van der Waals surface area contributed by atoms with E-state index >= 15 is 0 Å². The Balaban J connectivity index is 0.000000176. The summed E-state index contributed by atoms with van der Waals surface area (Å²) in [5.41, 5.74) is 12.7. The fraction of sp³-hybridized carbons (Fsp3) is 0.216. The normalized spacial score (nSPS) is 12.6. The van der Waals surface area contributed by atoms with Gasteiger partial charge in [-0.2, -0.15) is 0 Å². The van der Waals surface area contributed by atoms with Crippen molar-refractivity contribution in [3.63, 3.8) is 0 Å². The summed E-state index contributed by atoms with van der Waals surface area (Å²) in [6, 6.07) is 27.3. The minimum atomic E-state index is 0. The number of thiophene rings is 1. The predicted molar refractivity (Wildman–Crippen MR) is 173 cm³/mol. The quantitative estimate of drug-likeness (QED) is 0.165. The molecule has 0 aliphatic heterocycles. The number of aryl methyl sites for hydroxylation is 6. The second-order valence-corrected chi connectivity index (χ2v) is 12.3. The topological polar surface area (TPSA) is 51.8 Å². The van der Waals surface area contributed by atoms with Gasteiger partial charge in [0, 0.05) is 42.3 Å². The minimum absolute atomic E-state index is 0. The Morgan fingerprint density at radius 1 is 0.814 bits per heavy atom. The molecule has 0 fully saturated rings. The first-order valence-electron chi connectivity index (χ1n) is 14.5. The number of nitrogens with zero attached hydrogens (tertiary/aromatic N) is 3. The summed E-state index contributed by atoms with van der Waals surface area (Å²) in [5, 5.41) is 2.11. The molecule has 0 N–H and O–H groups in total. The molecule has 43 heavy (non-hydrogen) atoms. The van der Waals surface area contributed by atoms with Gasteiger partial charge in [0.1, 0.15) is 0 Å². The SMILES string of the molecule is Cc1c[c-]c(-c2cc(C)c(C)cn2)cc1.Cc1ccc2c(n1)oc1c(-c3ccc4sc5c(c4n3)CCCC5)[c-]ccc12.[Ir]. The second-order valence-electron chi connectivity index (χ2n) is 11.2. The van der Waals surface area contributed by atoms with E-state index in [4.69, 9.17) is 9.40 Å². The van der Waals surface area contributed by atoms with E-state index < -0.39 is 0 Å². The molecule has 0 atom stereocenters. The number of hydrogen-bond donors (Lipinski definition) is 0. The third-order valence-corrected chi connectivity index (χ3v) is 9.35. The Morgan fingerprint density at radius 3 is 2.49 bits per heavy atom. The summed E-state index contributed by atoms with van der Waals surface area (Å²) >= 11 is 1.91. The van der Waals surface area contributed by atoms with Crippen molar-refractivity contribution in [2.24, 2.45) is 0 Å². The molecule has 7 aromatic rings. The summed E-state index contributed by atoms with van der Waals surface area (Å²) in [7, 11) is 0. The van der Waals surface area contributed by atoms with Crippen LogP contribution in [0.5, 0.6) is 0 Å². The second kappa shape index (κ2) is 12.1. The smallest absolute Gasteiger partial charge is 0.216 e. The number of aromatic nitrogens is 3. The molecule has 0 spiro atoms. The van der Waals surface area contributed by atoms with Crippen LogP contribution in [-0.4, -0.2) is 15.0 Å². The van der Waals surface area contributed by atoms with Crippen LogP contribution in [0.15, 0.2) is 71.3 Å². The molecule has 0 saturated heterocycles. The van der Waals surface area contributed by atoms with E-state index in [1.807, 2.05) is 48.7 Å². The zero-order valence-corrected chi connectivity index (χ0v) is 27.9. The van der Waals surface area contributed by atoms with Crippen LogP contribution in [0.25, 0.3) is 54.8 Å². The summed E-state index contributed by atoms with van der Waals surface area (Å²) in [6.07, 6.45) is 6.82. The van der Waals surface area contributed by atoms with E-state index in [1.165, 1.54) is 56.6 Å². The zero-order valence-electron chi connectivity index (χ0n) is 24.7. The molecule has 0 amide bonds. The van der Waals surface area contributed by atoms with Gasteiger partial charge in [0.25, 0.3) is 0 Å². The van der Waals surface area contributed by atoms with Gasteiger partial charge in [-0.25, -0.2) is 4.98 Å². The van der Waals surface area contributed by atoms with E-state index in [0.717, 1.165) is 51.0 Å². The molecule has 0 bridgehead atoms. The molecule has 5 aromatic heterocycles. The number of fused-ring (bicyclic) bond motifs is 6. The maximum Gasteiger partial charge on any atom is 0.216 e. The fourth-order valence-electron chi connectivity index (χ4n) is 5.60. The number of pyridine rings is 3. The van der Waals surface area contributed by atoms with Crippen LogP contribution in [0.3, 0.4) is 0 Å². The molecule has 1 radical (unpaired) electrons. The third kappa shape index (κ3) is 5.68. The van der Waals surface area contributed by atoms with Crippen LogP contribution in [0.4, 0.5) is 0 Å². The number of rotatable bonds is 2. The Hall–Kier alpha value is -3.70. The largest absolute Gasteiger partial charge is 0.486 e. The minimum Gasteiger partial charge on any atom is -0.486 e. The van der Waals surface area contributed by atoms with Gasteiger partial charge in [0.2, 0.25) is 5.71 Å². The zero-order chi connectivity index (χ0) is 28.8. The standard InChI is InChI=1S/C23H17N2OS.C14H14N.Ir/c1-13-9-10-15-14-6-4-7-16(22(14)26-23(15)24-13)18-11-12-20-21(25-18)17-5-2-3-8-19(17)27-20;1-10-4-6-13(7-5-10)14-8-11(2)12(3)9-15-14;/h4,6,9-12H,2-3,5,8H2,1H3;4-6,8-9H,1-3H3;/q2*-1;. The maximum absolute atomic E-state index is 6.15. The van der Waals surface area contributed by atoms with Gasteiger partial charge in [0.05, 0.1) is 15.8 Å². The molecule has 0 unspecified atom stereocenters. The van der Waals surface area contributed by atoms with Crippen molar-refractivity contribution < 1.29 is 24.5 Å². The predicted octanol–water partition coefficient (Wildman–Crippen LogP) is 9.72. The van der Waals surface area contributed by atoms with Gasteiger partial charge in [-0.1, -0.05) is 35.6 Å². The average Bonchev–Trinajstić information content (AvgIpc) is 3.56. The molecular weight excluding hydrogens is 727 g/mol. The summed E-state index contributed by atoms with van der Waals surface area (Å²) in [4.78, 5) is 15.5. The number of hydrogen-bond acceptors (Lipinski definition) is 5. The van der Waals surface area contributed by atoms with Crippen molar-refractivity contribution in [1.29, 1.82) is 0 Å². The molecule has 1 aliphatic rings. The Kier molecular flexibility index (Phi) is 8.28. The van der Waals surface area contributed by atoms with Crippen molar-refractivity contribution in [2.75, 3.05) is 0 Å². The summed E-state index contributed by atoms with van der Waals surface area (Å²) in [5.74, 6) is 0. The summed E-state index contributed by atoms with van der Waals surface area (Å²) < 4.78 is 7.44. The molecule has 2 aromatic carbocycles. The Morgan fingerprint density at radius 2 is 1.67 bits per heavy atom. The third-order valence-electron chi connectivity index (χ3n) is 8.11. The molecule has 0 saturated carbocycles. The van der Waals surface area contributed by atoms with Crippen molar-refractivity contribution in [3.8, 4) is 22.5 Å². The molecule has 1 aliphatic carbocycles. The van der Waals surface area contributed by atoms with E-state index in [9.17, 15) is 0 Å². The summed E-state index contributed by atoms with van der Waals surface area (Å²) in [6.45, 7) is 8.22. The van der Waals surface area contributed by atoms with Crippen molar-refractivity contribution in [1.82, 2.24) is 15.0 Å². The van der Waals surface area contributed by atoms with Gasteiger partial charge in [-0.15, -0.1) is 64.9 Å². The van der Waals surface area contributed by atoms with Crippen LogP contribution in [-0.2, 0) is 32.9 Å². The molecular formula is C37H31IrN3OS-2. The average molecular weight is 758 g/mol. The van der Waals surface area contributed by atoms with Crippen LogP contribution < -0.4 is 0 Å². The number of furan rings is 1. The Labute approximate surface area is 269 Å². The molecule has 217 valence electrons.